The third kappa shape index (κ3) is 2.86. The molecule has 2 unspecified atom stereocenters. The predicted octanol–water partition coefficient (Wildman–Crippen LogP) is 0.664. The van der Waals surface area contributed by atoms with Gasteiger partial charge in [-0.1, -0.05) is 0 Å². The van der Waals surface area contributed by atoms with Crippen LogP contribution in [0.1, 0.15) is 37.4 Å². The molecular weight excluding hydrogens is 332 g/mol. The van der Waals surface area contributed by atoms with E-state index >= 15 is 0 Å². The minimum absolute atomic E-state index is 0.144. The largest absolute Gasteiger partial charge is 0.389 e. The maximum absolute atomic E-state index is 10.1. The molecule has 0 aliphatic carbocycles. The van der Waals surface area contributed by atoms with Crippen molar-refractivity contribution in [1.29, 1.82) is 0 Å². The standard InChI is InChI=1S/C18H26N6O2/c25-15-12-26-11-14(15)22-9-5-13(6-10-22)18-20-19-16-3-4-17(21-24(16)18)23-7-1-2-8-23/h3-4,13-15,25H,1-2,5-12H2. The van der Waals surface area contributed by atoms with Crippen LogP contribution in [-0.2, 0) is 4.74 Å². The van der Waals surface area contributed by atoms with Gasteiger partial charge in [0.1, 0.15) is 5.82 Å². The summed E-state index contributed by atoms with van der Waals surface area (Å²) in [6.07, 6.45) is 4.15. The summed E-state index contributed by atoms with van der Waals surface area (Å²) in [5.41, 5.74) is 0.824. The van der Waals surface area contributed by atoms with Gasteiger partial charge in [-0.25, -0.2) is 0 Å². The van der Waals surface area contributed by atoms with Crippen molar-refractivity contribution < 1.29 is 9.84 Å². The van der Waals surface area contributed by atoms with Crippen molar-refractivity contribution in [2.75, 3.05) is 44.3 Å². The summed E-state index contributed by atoms with van der Waals surface area (Å²) in [5.74, 6) is 2.37. The van der Waals surface area contributed by atoms with Gasteiger partial charge in [-0.15, -0.1) is 15.3 Å². The monoisotopic (exact) mass is 358 g/mol. The molecule has 0 spiro atoms. The fourth-order valence-corrected chi connectivity index (χ4v) is 4.54. The number of hydrogen-bond donors (Lipinski definition) is 1. The molecule has 5 rings (SSSR count). The lowest BCUT2D eigenvalue weighted by Crippen LogP contribution is -2.46. The summed E-state index contributed by atoms with van der Waals surface area (Å²) in [6, 6.07) is 4.23. The molecule has 8 heteroatoms. The number of piperidine rings is 1. The molecule has 0 aromatic carbocycles. The van der Waals surface area contributed by atoms with Crippen LogP contribution in [0.4, 0.5) is 5.82 Å². The van der Waals surface area contributed by atoms with E-state index in [-0.39, 0.29) is 12.1 Å². The number of aromatic nitrogens is 4. The van der Waals surface area contributed by atoms with E-state index in [1.807, 2.05) is 10.6 Å². The molecule has 140 valence electrons. The molecule has 0 bridgehead atoms. The number of nitrogens with zero attached hydrogens (tertiary/aromatic N) is 6. The SMILES string of the molecule is OC1COCC1N1CCC(c2nnc3ccc(N4CCCC4)nn23)CC1. The van der Waals surface area contributed by atoms with E-state index in [2.05, 4.69) is 26.1 Å². The Morgan fingerprint density at radius 3 is 2.54 bits per heavy atom. The Kier molecular flexibility index (Phi) is 4.26. The van der Waals surface area contributed by atoms with Crippen LogP contribution in [0.2, 0.25) is 0 Å². The molecule has 0 saturated carbocycles. The maximum Gasteiger partial charge on any atom is 0.178 e. The van der Waals surface area contributed by atoms with Crippen molar-refractivity contribution >= 4 is 11.5 Å². The van der Waals surface area contributed by atoms with Gasteiger partial charge >= 0.3 is 0 Å². The highest BCUT2D eigenvalue weighted by atomic mass is 16.5. The molecule has 1 N–H and O–H groups in total. The first-order valence-corrected chi connectivity index (χ1v) is 9.77. The van der Waals surface area contributed by atoms with Crippen molar-refractivity contribution in [2.45, 2.75) is 43.7 Å². The van der Waals surface area contributed by atoms with Crippen LogP contribution >= 0.6 is 0 Å². The fourth-order valence-electron chi connectivity index (χ4n) is 4.54. The number of anilines is 1. The molecule has 3 aliphatic heterocycles. The van der Waals surface area contributed by atoms with Crippen molar-refractivity contribution in [3.8, 4) is 0 Å². The molecule has 26 heavy (non-hydrogen) atoms. The lowest BCUT2D eigenvalue weighted by Gasteiger charge is -2.35. The number of aliphatic hydroxyl groups is 1. The first kappa shape index (κ1) is 16.4. The van der Waals surface area contributed by atoms with Crippen LogP contribution in [0.25, 0.3) is 5.65 Å². The van der Waals surface area contributed by atoms with Crippen LogP contribution < -0.4 is 4.90 Å². The van der Waals surface area contributed by atoms with E-state index in [0.29, 0.717) is 19.1 Å². The van der Waals surface area contributed by atoms with Crippen LogP contribution in [0.3, 0.4) is 0 Å². The molecule has 8 nitrogen and oxygen atoms in total. The smallest absolute Gasteiger partial charge is 0.178 e. The minimum Gasteiger partial charge on any atom is -0.389 e. The molecule has 2 atom stereocenters. The molecule has 3 fully saturated rings. The fraction of sp³-hybridized carbons (Fsp3) is 0.722. The molecule has 5 heterocycles. The quantitative estimate of drug-likeness (QED) is 0.864. The van der Waals surface area contributed by atoms with Gasteiger partial charge in [-0.3, -0.25) is 4.90 Å². The average Bonchev–Trinajstić information content (AvgIpc) is 3.42. The van der Waals surface area contributed by atoms with Gasteiger partial charge in [0.05, 0.1) is 25.4 Å². The maximum atomic E-state index is 10.1. The normalized spacial score (nSPS) is 28.4. The second-order valence-electron chi connectivity index (χ2n) is 7.70. The number of ether oxygens (including phenoxy) is 1. The summed E-state index contributed by atoms with van der Waals surface area (Å²) in [4.78, 5) is 4.70. The van der Waals surface area contributed by atoms with Crippen LogP contribution in [0.5, 0.6) is 0 Å². The Balaban J connectivity index is 1.33. The molecule has 2 aromatic rings. The summed E-state index contributed by atoms with van der Waals surface area (Å²) < 4.78 is 7.35. The van der Waals surface area contributed by atoms with Gasteiger partial charge in [0, 0.05) is 19.0 Å². The lowest BCUT2D eigenvalue weighted by molar-refractivity contribution is 0.0655. The number of fused-ring (bicyclic) bond motifs is 1. The van der Waals surface area contributed by atoms with Gasteiger partial charge < -0.3 is 14.7 Å². The zero-order valence-electron chi connectivity index (χ0n) is 15.0. The summed E-state index contributed by atoms with van der Waals surface area (Å²) in [5, 5.41) is 23.7. The first-order chi connectivity index (χ1) is 12.8. The number of hydrogen-bond acceptors (Lipinski definition) is 7. The highest BCUT2D eigenvalue weighted by molar-refractivity contribution is 5.46. The minimum atomic E-state index is -0.356. The van der Waals surface area contributed by atoms with Gasteiger partial charge in [-0.05, 0) is 50.9 Å². The molecule has 3 saturated heterocycles. The first-order valence-electron chi connectivity index (χ1n) is 9.77. The number of aliphatic hydroxyl groups excluding tert-OH is 1. The van der Waals surface area contributed by atoms with E-state index in [0.717, 1.165) is 56.3 Å². The molecule has 0 amide bonds. The Hall–Kier alpha value is -1.77. The zero-order valence-corrected chi connectivity index (χ0v) is 15.0. The van der Waals surface area contributed by atoms with Crippen molar-refractivity contribution in [3.05, 3.63) is 18.0 Å². The molecule has 2 aromatic heterocycles. The van der Waals surface area contributed by atoms with E-state index < -0.39 is 0 Å². The lowest BCUT2D eigenvalue weighted by atomic mass is 9.94. The Labute approximate surface area is 152 Å². The van der Waals surface area contributed by atoms with Crippen molar-refractivity contribution in [1.82, 2.24) is 24.7 Å². The highest BCUT2D eigenvalue weighted by Crippen LogP contribution is 2.29. The van der Waals surface area contributed by atoms with Gasteiger partial charge in [0.15, 0.2) is 11.5 Å². The predicted molar refractivity (Wildman–Crippen MR) is 96.4 cm³/mol. The summed E-state index contributed by atoms with van der Waals surface area (Å²) in [6.45, 7) is 5.18. The van der Waals surface area contributed by atoms with Gasteiger partial charge in [-0.2, -0.15) is 4.52 Å². The molecule has 0 radical (unpaired) electrons. The number of likely N-dealkylation sites (tertiary alicyclic amines) is 1. The van der Waals surface area contributed by atoms with E-state index in [1.165, 1.54) is 12.8 Å². The Morgan fingerprint density at radius 1 is 1.00 bits per heavy atom. The second kappa shape index (κ2) is 6.75. The van der Waals surface area contributed by atoms with Gasteiger partial charge in [0.2, 0.25) is 0 Å². The molecular formula is C18H26N6O2. The number of rotatable bonds is 3. The van der Waals surface area contributed by atoms with Gasteiger partial charge in [0.25, 0.3) is 0 Å². The van der Waals surface area contributed by atoms with Crippen molar-refractivity contribution in [3.63, 3.8) is 0 Å². The third-order valence-electron chi connectivity index (χ3n) is 6.09. The summed E-state index contributed by atoms with van der Waals surface area (Å²) >= 11 is 0. The van der Waals surface area contributed by atoms with Crippen LogP contribution in [0, 0.1) is 0 Å². The molecule has 3 aliphatic rings. The van der Waals surface area contributed by atoms with Crippen molar-refractivity contribution in [2.24, 2.45) is 0 Å². The van der Waals surface area contributed by atoms with Crippen LogP contribution in [0.15, 0.2) is 12.1 Å². The topological polar surface area (TPSA) is 79.0 Å². The van der Waals surface area contributed by atoms with E-state index in [4.69, 9.17) is 9.84 Å². The zero-order chi connectivity index (χ0) is 17.5. The highest BCUT2D eigenvalue weighted by Gasteiger charge is 2.35. The average molecular weight is 358 g/mol. The Morgan fingerprint density at radius 2 is 1.81 bits per heavy atom. The Bertz CT molecular complexity index is 766. The summed E-state index contributed by atoms with van der Waals surface area (Å²) in [7, 11) is 0. The van der Waals surface area contributed by atoms with Crippen LogP contribution in [-0.4, -0.2) is 81.4 Å². The third-order valence-corrected chi connectivity index (χ3v) is 6.09. The second-order valence-corrected chi connectivity index (χ2v) is 7.70. The van der Waals surface area contributed by atoms with E-state index in [1.54, 1.807) is 0 Å². The van der Waals surface area contributed by atoms with E-state index in [9.17, 15) is 5.11 Å².